The van der Waals surface area contributed by atoms with E-state index in [0.29, 0.717) is 6.04 Å². The molecule has 108 valence electrons. The van der Waals surface area contributed by atoms with E-state index in [2.05, 4.69) is 35.1 Å². The van der Waals surface area contributed by atoms with Gasteiger partial charge in [-0.15, -0.1) is 23.7 Å². The number of methoxy groups -OCH3 is 1. The Morgan fingerprint density at radius 3 is 2.84 bits per heavy atom. The van der Waals surface area contributed by atoms with Gasteiger partial charge in [0.05, 0.1) is 12.0 Å². The summed E-state index contributed by atoms with van der Waals surface area (Å²) in [5.74, 6) is 0.809. The first-order chi connectivity index (χ1) is 8.54. The van der Waals surface area contributed by atoms with Gasteiger partial charge in [-0.2, -0.15) is 0 Å². The topological polar surface area (TPSA) is 41.6 Å². The van der Waals surface area contributed by atoms with E-state index in [1.54, 1.807) is 13.2 Å². The molecule has 0 radical (unpaired) electrons. The van der Waals surface area contributed by atoms with Gasteiger partial charge in [0, 0.05) is 31.2 Å². The zero-order valence-corrected chi connectivity index (χ0v) is 14.3. The summed E-state index contributed by atoms with van der Waals surface area (Å²) in [5.41, 5.74) is 0. The molecule has 19 heavy (non-hydrogen) atoms. The van der Waals surface area contributed by atoms with E-state index >= 15 is 0 Å². The number of carbonyl (C=O) groups is 1. The molecule has 1 saturated heterocycles. The van der Waals surface area contributed by atoms with E-state index in [4.69, 9.17) is 4.74 Å². The van der Waals surface area contributed by atoms with E-state index in [0.717, 1.165) is 27.5 Å². The molecule has 7 heteroatoms. The number of nitrogens with zero attached hydrogens (tertiary/aromatic N) is 1. The molecule has 1 fully saturated rings. The van der Waals surface area contributed by atoms with Crippen molar-refractivity contribution in [2.75, 3.05) is 20.2 Å². The number of amides is 1. The highest BCUT2D eigenvalue weighted by molar-refractivity contribution is 9.11. The minimum atomic E-state index is 0. The second-order valence-corrected chi connectivity index (χ2v) is 6.80. The molecule has 0 spiro atoms. The van der Waals surface area contributed by atoms with E-state index in [-0.39, 0.29) is 24.4 Å². The fourth-order valence-corrected chi connectivity index (χ4v) is 3.69. The van der Waals surface area contributed by atoms with Gasteiger partial charge < -0.3 is 15.0 Å². The first-order valence-corrected chi connectivity index (χ1v) is 7.53. The average molecular weight is 370 g/mol. The number of carbonyl (C=O) groups excluding carboxylic acids is 1. The van der Waals surface area contributed by atoms with E-state index in [1.807, 2.05) is 4.90 Å². The molecule has 2 heterocycles. The van der Waals surface area contributed by atoms with Crippen molar-refractivity contribution in [3.8, 4) is 5.75 Å². The Hall–Kier alpha value is -0.300. The fraction of sp³-hybridized carbons (Fsp3) is 0.583. The summed E-state index contributed by atoms with van der Waals surface area (Å²) in [6.45, 7) is 5.78. The van der Waals surface area contributed by atoms with Gasteiger partial charge in [0.25, 0.3) is 5.91 Å². The number of ether oxygens (including phenoxy) is 1. The lowest BCUT2D eigenvalue weighted by molar-refractivity contribution is 0.0608. The highest BCUT2D eigenvalue weighted by Crippen LogP contribution is 2.35. The minimum Gasteiger partial charge on any atom is -0.495 e. The Balaban J connectivity index is 0.00000180. The van der Waals surface area contributed by atoms with Crippen molar-refractivity contribution in [2.45, 2.75) is 25.9 Å². The molecule has 1 aliphatic rings. The summed E-state index contributed by atoms with van der Waals surface area (Å²) < 4.78 is 6.06. The van der Waals surface area contributed by atoms with Crippen molar-refractivity contribution in [1.82, 2.24) is 10.2 Å². The van der Waals surface area contributed by atoms with Crippen molar-refractivity contribution in [3.63, 3.8) is 0 Å². The lowest BCUT2D eigenvalue weighted by Gasteiger charge is -2.38. The third kappa shape index (κ3) is 3.42. The maximum atomic E-state index is 12.5. The van der Waals surface area contributed by atoms with Crippen LogP contribution in [0.1, 0.15) is 23.5 Å². The van der Waals surface area contributed by atoms with Gasteiger partial charge in [0.1, 0.15) is 9.54 Å². The van der Waals surface area contributed by atoms with E-state index in [9.17, 15) is 4.79 Å². The number of hydrogen-bond acceptors (Lipinski definition) is 4. The van der Waals surface area contributed by atoms with Crippen LogP contribution in [0.2, 0.25) is 0 Å². The number of halogens is 2. The third-order valence-corrected chi connectivity index (χ3v) is 5.15. The monoisotopic (exact) mass is 368 g/mol. The minimum absolute atomic E-state index is 0. The molecule has 2 unspecified atom stereocenters. The largest absolute Gasteiger partial charge is 0.495 e. The number of piperazine rings is 1. The molecule has 1 aliphatic heterocycles. The molecule has 0 aromatic carbocycles. The maximum Gasteiger partial charge on any atom is 0.264 e. The molecule has 0 saturated carbocycles. The number of thiophene rings is 1. The quantitative estimate of drug-likeness (QED) is 0.871. The maximum absolute atomic E-state index is 12.5. The first kappa shape index (κ1) is 16.8. The smallest absolute Gasteiger partial charge is 0.264 e. The van der Waals surface area contributed by atoms with Crippen molar-refractivity contribution >= 4 is 45.6 Å². The molecular weight excluding hydrogens is 352 g/mol. The Kier molecular flexibility index (Phi) is 6.11. The average Bonchev–Trinajstić information content (AvgIpc) is 2.73. The highest BCUT2D eigenvalue weighted by atomic mass is 79.9. The molecule has 2 rings (SSSR count). The summed E-state index contributed by atoms with van der Waals surface area (Å²) in [7, 11) is 1.61. The second kappa shape index (κ2) is 6.92. The summed E-state index contributed by atoms with van der Waals surface area (Å²) in [4.78, 5) is 15.1. The Morgan fingerprint density at radius 1 is 1.58 bits per heavy atom. The van der Waals surface area contributed by atoms with Crippen LogP contribution in [0.15, 0.2) is 9.85 Å². The van der Waals surface area contributed by atoms with E-state index in [1.165, 1.54) is 11.3 Å². The van der Waals surface area contributed by atoms with Gasteiger partial charge in [-0.05, 0) is 29.8 Å². The van der Waals surface area contributed by atoms with Crippen LogP contribution in [0.5, 0.6) is 5.75 Å². The molecule has 0 bridgehead atoms. The Labute approximate surface area is 132 Å². The van der Waals surface area contributed by atoms with Crippen molar-refractivity contribution in [2.24, 2.45) is 0 Å². The first-order valence-electron chi connectivity index (χ1n) is 5.92. The predicted octanol–water partition coefficient (Wildman–Crippen LogP) is 2.76. The molecule has 0 aliphatic carbocycles. The molecular formula is C12H18BrClN2O2S. The number of nitrogens with one attached hydrogen (secondary N) is 1. The molecule has 1 aromatic heterocycles. The standard InChI is InChI=1S/C12H17BrN2O2S.ClH/c1-7-8(2)15(5-4-14-7)12(16)10-6-9(17-3)11(13)18-10;/h6-8,14H,4-5H2,1-3H3;1H. The number of hydrogen-bond donors (Lipinski definition) is 1. The Bertz CT molecular complexity index is 455. The summed E-state index contributed by atoms with van der Waals surface area (Å²) in [6, 6.07) is 2.34. The normalized spacial score (nSPS) is 22.8. The van der Waals surface area contributed by atoms with Crippen LogP contribution in [0.4, 0.5) is 0 Å². The zero-order chi connectivity index (χ0) is 13.3. The second-order valence-electron chi connectivity index (χ2n) is 4.43. The van der Waals surface area contributed by atoms with Crippen LogP contribution < -0.4 is 10.1 Å². The number of rotatable bonds is 2. The van der Waals surface area contributed by atoms with Crippen LogP contribution in [0.3, 0.4) is 0 Å². The summed E-state index contributed by atoms with van der Waals surface area (Å²) in [6.07, 6.45) is 0. The molecule has 1 N–H and O–H groups in total. The lowest BCUT2D eigenvalue weighted by atomic mass is 10.1. The van der Waals surface area contributed by atoms with Crippen molar-refractivity contribution in [3.05, 3.63) is 14.7 Å². The van der Waals surface area contributed by atoms with Crippen molar-refractivity contribution < 1.29 is 9.53 Å². The van der Waals surface area contributed by atoms with Crippen LogP contribution in [0, 0.1) is 0 Å². The van der Waals surface area contributed by atoms with Crippen LogP contribution in [-0.4, -0.2) is 43.1 Å². The van der Waals surface area contributed by atoms with Crippen LogP contribution in [-0.2, 0) is 0 Å². The summed E-state index contributed by atoms with van der Waals surface area (Å²) >= 11 is 4.83. The predicted molar refractivity (Wildman–Crippen MR) is 83.8 cm³/mol. The fourth-order valence-electron chi connectivity index (χ4n) is 2.08. The van der Waals surface area contributed by atoms with Crippen LogP contribution >= 0.6 is 39.7 Å². The molecule has 2 atom stereocenters. The van der Waals surface area contributed by atoms with Gasteiger partial charge in [-0.3, -0.25) is 4.79 Å². The van der Waals surface area contributed by atoms with E-state index < -0.39 is 0 Å². The zero-order valence-electron chi connectivity index (χ0n) is 11.1. The lowest BCUT2D eigenvalue weighted by Crippen LogP contribution is -2.57. The van der Waals surface area contributed by atoms with Gasteiger partial charge in [0.2, 0.25) is 0 Å². The van der Waals surface area contributed by atoms with Gasteiger partial charge in [-0.25, -0.2) is 0 Å². The molecule has 1 amide bonds. The highest BCUT2D eigenvalue weighted by Gasteiger charge is 2.30. The SMILES string of the molecule is COc1cc(C(=O)N2CCNC(C)C2C)sc1Br.Cl. The van der Waals surface area contributed by atoms with Crippen LogP contribution in [0.25, 0.3) is 0 Å². The molecule has 4 nitrogen and oxygen atoms in total. The van der Waals surface area contributed by atoms with Crippen molar-refractivity contribution in [1.29, 1.82) is 0 Å². The Morgan fingerprint density at radius 2 is 2.26 bits per heavy atom. The van der Waals surface area contributed by atoms with Gasteiger partial charge in [0.15, 0.2) is 0 Å². The third-order valence-electron chi connectivity index (χ3n) is 3.38. The van der Waals surface area contributed by atoms with Gasteiger partial charge in [-0.1, -0.05) is 0 Å². The molecule has 1 aromatic rings. The van der Waals surface area contributed by atoms with Gasteiger partial charge >= 0.3 is 0 Å². The summed E-state index contributed by atoms with van der Waals surface area (Å²) in [5, 5.41) is 3.37.